The molecule has 0 N–H and O–H groups in total. The van der Waals surface area contributed by atoms with Gasteiger partial charge in [0.1, 0.15) is 18.3 Å². The van der Waals surface area contributed by atoms with Crippen molar-refractivity contribution in [2.75, 3.05) is 0 Å². The van der Waals surface area contributed by atoms with E-state index in [2.05, 4.69) is 0 Å². The maximum Gasteiger partial charge on any atom is 0.187 e. The average molecular weight is 278 g/mol. The van der Waals surface area contributed by atoms with Gasteiger partial charge >= 0.3 is 0 Å². The molecule has 2 aliphatic heterocycles. The Morgan fingerprint density at radius 1 is 1.20 bits per heavy atom. The lowest BCUT2D eigenvalue weighted by Gasteiger charge is -2.22. The Bertz CT molecular complexity index is 472. The van der Waals surface area contributed by atoms with Crippen molar-refractivity contribution in [2.24, 2.45) is 0 Å². The van der Waals surface area contributed by atoms with Gasteiger partial charge in [-0.05, 0) is 19.4 Å². The van der Waals surface area contributed by atoms with Gasteiger partial charge in [-0.25, -0.2) is 0 Å². The summed E-state index contributed by atoms with van der Waals surface area (Å²) in [4.78, 5) is 11.1. The Labute approximate surface area is 117 Å². The van der Waals surface area contributed by atoms with Crippen LogP contribution in [-0.4, -0.2) is 36.7 Å². The highest BCUT2D eigenvalue weighted by Crippen LogP contribution is 2.38. The maximum absolute atomic E-state index is 11.1. The normalized spacial score (nSPS) is 34.9. The van der Waals surface area contributed by atoms with E-state index < -0.39 is 24.3 Å². The topological polar surface area (TPSA) is 54.0 Å². The van der Waals surface area contributed by atoms with Crippen molar-refractivity contribution >= 4 is 6.29 Å². The third-order valence-electron chi connectivity index (χ3n) is 3.44. The van der Waals surface area contributed by atoms with E-state index in [-0.39, 0.29) is 6.10 Å². The first kappa shape index (κ1) is 13.7. The molecular weight excluding hydrogens is 260 g/mol. The van der Waals surface area contributed by atoms with Crippen LogP contribution in [0, 0.1) is 0 Å². The van der Waals surface area contributed by atoms with Crippen LogP contribution in [0.1, 0.15) is 19.4 Å². The molecule has 5 heteroatoms. The quantitative estimate of drug-likeness (QED) is 0.784. The molecule has 1 aromatic rings. The summed E-state index contributed by atoms with van der Waals surface area (Å²) in [5.41, 5.74) is 1.04. The largest absolute Gasteiger partial charge is 0.345 e. The molecule has 20 heavy (non-hydrogen) atoms. The predicted molar refractivity (Wildman–Crippen MR) is 69.8 cm³/mol. The first-order chi connectivity index (χ1) is 9.59. The second-order valence-corrected chi connectivity index (χ2v) is 5.47. The van der Waals surface area contributed by atoms with Crippen molar-refractivity contribution in [1.29, 1.82) is 0 Å². The number of aldehydes is 1. The van der Waals surface area contributed by atoms with Gasteiger partial charge in [0.05, 0.1) is 6.61 Å². The number of carbonyl (C=O) groups excluding carboxylic acids is 1. The van der Waals surface area contributed by atoms with Gasteiger partial charge < -0.3 is 23.7 Å². The zero-order valence-corrected chi connectivity index (χ0v) is 11.5. The fourth-order valence-corrected chi connectivity index (χ4v) is 2.59. The van der Waals surface area contributed by atoms with Gasteiger partial charge in [0.25, 0.3) is 0 Å². The van der Waals surface area contributed by atoms with Gasteiger partial charge in [0.2, 0.25) is 0 Å². The molecule has 0 radical (unpaired) electrons. The number of fused-ring (bicyclic) bond motifs is 1. The lowest BCUT2D eigenvalue weighted by molar-refractivity contribution is -0.232. The molecule has 1 unspecified atom stereocenters. The summed E-state index contributed by atoms with van der Waals surface area (Å²) in [6, 6.07) is 9.79. The van der Waals surface area contributed by atoms with Crippen LogP contribution in [0.15, 0.2) is 30.3 Å². The number of rotatable bonds is 4. The summed E-state index contributed by atoms with van der Waals surface area (Å²) in [5.74, 6) is -0.714. The van der Waals surface area contributed by atoms with Crippen LogP contribution in [0.5, 0.6) is 0 Å². The van der Waals surface area contributed by atoms with Gasteiger partial charge in [0.15, 0.2) is 18.4 Å². The standard InChI is InChI=1S/C15H18O5/c1-15(2)19-12-11(8-16)18-14(13(12)20-15)17-9-10-6-4-3-5-7-10/h3-8,11-14H,9H2,1-2H3/t11-,12?,13-,14+/m1/s1. The van der Waals surface area contributed by atoms with Crippen LogP contribution >= 0.6 is 0 Å². The third kappa shape index (κ3) is 2.62. The van der Waals surface area contributed by atoms with Crippen molar-refractivity contribution in [1.82, 2.24) is 0 Å². The van der Waals surface area contributed by atoms with Crippen molar-refractivity contribution in [3.8, 4) is 0 Å². The number of hydrogen-bond acceptors (Lipinski definition) is 5. The fraction of sp³-hybridized carbons (Fsp3) is 0.533. The van der Waals surface area contributed by atoms with E-state index in [1.54, 1.807) is 0 Å². The third-order valence-corrected chi connectivity index (χ3v) is 3.44. The molecular formula is C15H18O5. The van der Waals surface area contributed by atoms with Crippen LogP contribution in [0.25, 0.3) is 0 Å². The first-order valence-corrected chi connectivity index (χ1v) is 6.71. The minimum Gasteiger partial charge on any atom is -0.345 e. The Morgan fingerprint density at radius 2 is 1.90 bits per heavy atom. The minimum absolute atomic E-state index is 0.371. The second-order valence-electron chi connectivity index (χ2n) is 5.47. The van der Waals surface area contributed by atoms with Crippen LogP contribution in [0.2, 0.25) is 0 Å². The summed E-state index contributed by atoms with van der Waals surface area (Å²) in [7, 11) is 0. The molecule has 2 saturated heterocycles. The molecule has 3 rings (SSSR count). The van der Waals surface area contributed by atoms with Crippen LogP contribution in [-0.2, 0) is 30.3 Å². The molecule has 2 heterocycles. The molecule has 0 saturated carbocycles. The zero-order valence-electron chi connectivity index (χ0n) is 11.5. The van der Waals surface area contributed by atoms with Crippen molar-refractivity contribution in [2.45, 2.75) is 50.8 Å². The molecule has 108 valence electrons. The second kappa shape index (κ2) is 5.26. The minimum atomic E-state index is -0.714. The van der Waals surface area contributed by atoms with Gasteiger partial charge in [-0.3, -0.25) is 0 Å². The van der Waals surface area contributed by atoms with Gasteiger partial charge in [-0.15, -0.1) is 0 Å². The van der Waals surface area contributed by atoms with Gasteiger partial charge in [-0.2, -0.15) is 0 Å². The predicted octanol–water partition coefficient (Wildman–Crippen LogP) is 1.65. The van der Waals surface area contributed by atoms with E-state index in [0.717, 1.165) is 11.8 Å². The lowest BCUT2D eigenvalue weighted by atomic mass is 10.1. The highest BCUT2D eigenvalue weighted by molar-refractivity contribution is 5.58. The van der Waals surface area contributed by atoms with E-state index in [1.807, 2.05) is 44.2 Å². The number of carbonyl (C=O) groups is 1. The van der Waals surface area contributed by atoms with Crippen LogP contribution in [0.4, 0.5) is 0 Å². The Hall–Kier alpha value is -1.27. The Balaban J connectivity index is 1.66. The number of benzene rings is 1. The van der Waals surface area contributed by atoms with E-state index in [9.17, 15) is 4.79 Å². The molecule has 5 nitrogen and oxygen atoms in total. The monoisotopic (exact) mass is 278 g/mol. The maximum atomic E-state index is 11.1. The highest BCUT2D eigenvalue weighted by atomic mass is 16.8. The molecule has 2 fully saturated rings. The average Bonchev–Trinajstić information content (AvgIpc) is 2.91. The summed E-state index contributed by atoms with van der Waals surface area (Å²) in [6.45, 7) is 4.05. The van der Waals surface area contributed by atoms with Gasteiger partial charge in [0, 0.05) is 0 Å². The molecule has 0 spiro atoms. The summed E-state index contributed by atoms with van der Waals surface area (Å²) < 4.78 is 22.8. The molecule has 0 aliphatic carbocycles. The highest BCUT2D eigenvalue weighted by Gasteiger charge is 2.55. The van der Waals surface area contributed by atoms with E-state index in [1.165, 1.54) is 0 Å². The molecule has 0 amide bonds. The summed E-state index contributed by atoms with van der Waals surface area (Å²) in [6.07, 6.45) is -1.25. The number of hydrogen-bond donors (Lipinski definition) is 0. The zero-order chi connectivity index (χ0) is 14.2. The molecule has 0 aromatic heterocycles. The number of ether oxygens (including phenoxy) is 4. The van der Waals surface area contributed by atoms with E-state index in [4.69, 9.17) is 18.9 Å². The Morgan fingerprint density at radius 3 is 2.60 bits per heavy atom. The molecule has 1 aromatic carbocycles. The molecule has 0 bridgehead atoms. The van der Waals surface area contributed by atoms with Crippen LogP contribution in [0.3, 0.4) is 0 Å². The summed E-state index contributed by atoms with van der Waals surface area (Å²) in [5, 5.41) is 0. The van der Waals surface area contributed by atoms with Crippen molar-refractivity contribution in [3.63, 3.8) is 0 Å². The molecule has 2 aliphatic rings. The van der Waals surface area contributed by atoms with E-state index >= 15 is 0 Å². The van der Waals surface area contributed by atoms with E-state index in [0.29, 0.717) is 6.61 Å². The van der Waals surface area contributed by atoms with Crippen molar-refractivity contribution in [3.05, 3.63) is 35.9 Å². The Kier molecular flexibility index (Phi) is 3.60. The van der Waals surface area contributed by atoms with Gasteiger partial charge in [-0.1, -0.05) is 30.3 Å². The van der Waals surface area contributed by atoms with Crippen molar-refractivity contribution < 1.29 is 23.7 Å². The van der Waals surface area contributed by atoms with Crippen LogP contribution < -0.4 is 0 Å². The summed E-state index contributed by atoms with van der Waals surface area (Å²) >= 11 is 0. The smallest absolute Gasteiger partial charge is 0.187 e. The lowest BCUT2D eigenvalue weighted by Crippen LogP contribution is -2.31. The molecule has 4 atom stereocenters. The first-order valence-electron chi connectivity index (χ1n) is 6.71. The SMILES string of the molecule is CC1(C)OC2[C@@H](O1)[C@@H](OCc1ccccc1)O[C@@H]2C=O. The fourth-order valence-electron chi connectivity index (χ4n) is 2.59.